The summed E-state index contributed by atoms with van der Waals surface area (Å²) in [6, 6.07) is 8.30. The van der Waals surface area contributed by atoms with Gasteiger partial charge in [-0.1, -0.05) is 54.5 Å². The van der Waals surface area contributed by atoms with Gasteiger partial charge >= 0.3 is 0 Å². The summed E-state index contributed by atoms with van der Waals surface area (Å²) in [4.78, 5) is 12.1. The molecule has 118 valence electrons. The first-order chi connectivity index (χ1) is 10.4. The molecule has 5 nitrogen and oxygen atoms in total. The SMILES string of the molecule is CCCC(C)(N)C(=O)Nc1nnc(Cc2ccc(C)cc2)s1. The van der Waals surface area contributed by atoms with Crippen molar-refractivity contribution < 1.29 is 4.79 Å². The zero-order chi connectivity index (χ0) is 16.2. The van der Waals surface area contributed by atoms with Crippen molar-refractivity contribution >= 4 is 22.4 Å². The predicted octanol–water partition coefficient (Wildman–Crippen LogP) is 2.89. The second kappa shape index (κ2) is 6.98. The van der Waals surface area contributed by atoms with Crippen LogP contribution in [-0.2, 0) is 11.2 Å². The van der Waals surface area contributed by atoms with Crippen molar-refractivity contribution in [3.63, 3.8) is 0 Å². The third-order valence-electron chi connectivity index (χ3n) is 3.45. The van der Waals surface area contributed by atoms with Crippen LogP contribution >= 0.6 is 11.3 Å². The Kier molecular flexibility index (Phi) is 5.26. The van der Waals surface area contributed by atoms with Crippen LogP contribution in [0, 0.1) is 6.92 Å². The van der Waals surface area contributed by atoms with E-state index in [0.717, 1.165) is 11.4 Å². The minimum absolute atomic E-state index is 0.215. The highest BCUT2D eigenvalue weighted by atomic mass is 32.1. The van der Waals surface area contributed by atoms with Crippen LogP contribution in [0.4, 0.5) is 5.13 Å². The first kappa shape index (κ1) is 16.6. The molecule has 0 aliphatic rings. The molecule has 3 N–H and O–H groups in total. The lowest BCUT2D eigenvalue weighted by Gasteiger charge is -2.21. The van der Waals surface area contributed by atoms with E-state index in [1.54, 1.807) is 6.92 Å². The number of nitrogens with zero attached hydrogens (tertiary/aromatic N) is 2. The van der Waals surface area contributed by atoms with Crippen LogP contribution in [0.25, 0.3) is 0 Å². The Labute approximate surface area is 135 Å². The van der Waals surface area contributed by atoms with E-state index in [1.807, 2.05) is 6.92 Å². The summed E-state index contributed by atoms with van der Waals surface area (Å²) in [5.41, 5.74) is 7.53. The lowest BCUT2D eigenvalue weighted by Crippen LogP contribution is -2.48. The molecule has 0 spiro atoms. The quantitative estimate of drug-likeness (QED) is 0.858. The molecule has 0 fully saturated rings. The molecule has 1 unspecified atom stereocenters. The van der Waals surface area contributed by atoms with Gasteiger partial charge in [0.1, 0.15) is 5.01 Å². The molecule has 0 saturated heterocycles. The number of aromatic nitrogens is 2. The van der Waals surface area contributed by atoms with Crippen molar-refractivity contribution in [2.24, 2.45) is 5.73 Å². The van der Waals surface area contributed by atoms with Crippen LogP contribution in [0.5, 0.6) is 0 Å². The Bertz CT molecular complexity index is 634. The van der Waals surface area contributed by atoms with E-state index in [4.69, 9.17) is 5.73 Å². The van der Waals surface area contributed by atoms with Gasteiger partial charge in [0.15, 0.2) is 0 Å². The molecule has 0 bridgehead atoms. The number of hydrogen-bond donors (Lipinski definition) is 2. The number of hydrogen-bond acceptors (Lipinski definition) is 5. The van der Waals surface area contributed by atoms with Crippen molar-refractivity contribution in [1.82, 2.24) is 10.2 Å². The number of aryl methyl sites for hydroxylation is 1. The van der Waals surface area contributed by atoms with Gasteiger partial charge in [-0.3, -0.25) is 10.1 Å². The highest BCUT2D eigenvalue weighted by Crippen LogP contribution is 2.20. The number of nitrogens with two attached hydrogens (primary N) is 1. The van der Waals surface area contributed by atoms with E-state index in [-0.39, 0.29) is 5.91 Å². The van der Waals surface area contributed by atoms with Gasteiger partial charge in [-0.05, 0) is 25.8 Å². The standard InChI is InChI=1S/C16H22N4OS/c1-4-9-16(3,17)14(21)18-15-20-19-13(22-15)10-12-7-5-11(2)6-8-12/h5-8H,4,9-10,17H2,1-3H3,(H,18,20,21). The van der Waals surface area contributed by atoms with Crippen LogP contribution in [0.15, 0.2) is 24.3 Å². The van der Waals surface area contributed by atoms with E-state index < -0.39 is 5.54 Å². The number of carbonyl (C=O) groups excluding carboxylic acids is 1. The summed E-state index contributed by atoms with van der Waals surface area (Å²) < 4.78 is 0. The molecule has 2 aromatic rings. The van der Waals surface area contributed by atoms with Gasteiger partial charge in [0, 0.05) is 6.42 Å². The molecule has 1 aromatic heterocycles. The summed E-state index contributed by atoms with van der Waals surface area (Å²) in [5.74, 6) is -0.215. The van der Waals surface area contributed by atoms with Crippen molar-refractivity contribution in [3.05, 3.63) is 40.4 Å². The molecule has 1 amide bonds. The first-order valence-corrected chi connectivity index (χ1v) is 8.20. The fraction of sp³-hybridized carbons (Fsp3) is 0.438. The highest BCUT2D eigenvalue weighted by molar-refractivity contribution is 7.15. The topological polar surface area (TPSA) is 80.9 Å². The predicted molar refractivity (Wildman–Crippen MR) is 90.0 cm³/mol. The second-order valence-electron chi connectivity index (χ2n) is 5.78. The van der Waals surface area contributed by atoms with Gasteiger partial charge in [0.05, 0.1) is 5.54 Å². The van der Waals surface area contributed by atoms with Crippen LogP contribution in [-0.4, -0.2) is 21.6 Å². The molecule has 0 aliphatic carbocycles. The fourth-order valence-electron chi connectivity index (χ4n) is 2.13. The molecular weight excluding hydrogens is 296 g/mol. The maximum absolute atomic E-state index is 12.1. The molecule has 1 atom stereocenters. The summed E-state index contributed by atoms with van der Waals surface area (Å²) in [7, 11) is 0. The molecule has 1 heterocycles. The van der Waals surface area contributed by atoms with Crippen LogP contribution in [0.1, 0.15) is 42.8 Å². The van der Waals surface area contributed by atoms with Gasteiger partial charge in [0.2, 0.25) is 11.0 Å². The van der Waals surface area contributed by atoms with Crippen LogP contribution < -0.4 is 11.1 Å². The highest BCUT2D eigenvalue weighted by Gasteiger charge is 2.28. The molecule has 2 rings (SSSR count). The Morgan fingerprint density at radius 1 is 1.32 bits per heavy atom. The zero-order valence-corrected chi connectivity index (χ0v) is 14.0. The number of nitrogens with one attached hydrogen (secondary N) is 1. The number of rotatable bonds is 6. The lowest BCUT2D eigenvalue weighted by atomic mass is 9.97. The van der Waals surface area contributed by atoms with Crippen molar-refractivity contribution in [2.45, 2.75) is 45.6 Å². The van der Waals surface area contributed by atoms with Gasteiger partial charge in [-0.15, -0.1) is 10.2 Å². The molecule has 6 heteroatoms. The maximum atomic E-state index is 12.1. The first-order valence-electron chi connectivity index (χ1n) is 7.39. The summed E-state index contributed by atoms with van der Waals surface area (Å²) >= 11 is 1.38. The molecule has 0 aliphatic heterocycles. The second-order valence-corrected chi connectivity index (χ2v) is 6.85. The number of anilines is 1. The van der Waals surface area contributed by atoms with Gasteiger partial charge in [-0.25, -0.2) is 0 Å². The van der Waals surface area contributed by atoms with E-state index >= 15 is 0 Å². The average Bonchev–Trinajstić information content (AvgIpc) is 2.88. The minimum Gasteiger partial charge on any atom is -0.318 e. The van der Waals surface area contributed by atoms with Crippen LogP contribution in [0.2, 0.25) is 0 Å². The smallest absolute Gasteiger partial charge is 0.245 e. The molecular formula is C16H22N4OS. The van der Waals surface area contributed by atoms with E-state index in [9.17, 15) is 4.79 Å². The normalized spacial score (nSPS) is 13.6. The lowest BCUT2D eigenvalue weighted by molar-refractivity contribution is -0.120. The third kappa shape index (κ3) is 4.35. The molecule has 0 saturated carbocycles. The van der Waals surface area contributed by atoms with Gasteiger partial charge in [0.25, 0.3) is 0 Å². The number of carbonyl (C=O) groups is 1. The Morgan fingerprint density at radius 2 is 2.00 bits per heavy atom. The molecule has 22 heavy (non-hydrogen) atoms. The fourth-order valence-corrected chi connectivity index (χ4v) is 2.90. The Hall–Kier alpha value is -1.79. The van der Waals surface area contributed by atoms with Gasteiger partial charge < -0.3 is 5.73 Å². The monoisotopic (exact) mass is 318 g/mol. The zero-order valence-electron chi connectivity index (χ0n) is 13.2. The largest absolute Gasteiger partial charge is 0.318 e. The van der Waals surface area contributed by atoms with Gasteiger partial charge in [-0.2, -0.15) is 0 Å². The third-order valence-corrected chi connectivity index (χ3v) is 4.29. The number of amides is 1. The van der Waals surface area contributed by atoms with E-state index in [2.05, 4.69) is 46.7 Å². The summed E-state index contributed by atoms with van der Waals surface area (Å²) in [6.45, 7) is 5.80. The average molecular weight is 318 g/mol. The maximum Gasteiger partial charge on any atom is 0.245 e. The van der Waals surface area contributed by atoms with Crippen LogP contribution in [0.3, 0.4) is 0 Å². The summed E-state index contributed by atoms with van der Waals surface area (Å²) in [6.07, 6.45) is 2.20. The Balaban J connectivity index is 1.99. The van der Waals surface area contributed by atoms with Crippen molar-refractivity contribution in [3.8, 4) is 0 Å². The van der Waals surface area contributed by atoms with Crippen molar-refractivity contribution in [2.75, 3.05) is 5.32 Å². The Morgan fingerprint density at radius 3 is 2.64 bits per heavy atom. The van der Waals surface area contributed by atoms with Crippen molar-refractivity contribution in [1.29, 1.82) is 0 Å². The summed E-state index contributed by atoms with van der Waals surface area (Å²) in [5, 5.41) is 12.3. The minimum atomic E-state index is -0.877. The van der Waals surface area contributed by atoms with E-state index in [1.165, 1.54) is 22.5 Å². The molecule has 1 aromatic carbocycles. The van der Waals surface area contributed by atoms with E-state index in [0.29, 0.717) is 18.0 Å². The molecule has 0 radical (unpaired) electrons. The number of benzene rings is 1.